The Morgan fingerprint density at radius 2 is 1.05 bits per heavy atom. The largest absolute Gasteiger partial charge is 0.331 e. The molecule has 2 aliphatic carbocycles. The summed E-state index contributed by atoms with van der Waals surface area (Å²) in [6.45, 7) is 9.10. The molecule has 0 amide bonds. The molecule has 0 radical (unpaired) electrons. The maximum absolute atomic E-state index is 4.86. The lowest BCUT2D eigenvalue weighted by atomic mass is 9.70. The number of anilines is 3. The molecule has 270 valence electrons. The van der Waals surface area contributed by atoms with Crippen molar-refractivity contribution < 1.29 is 0 Å². The molecule has 2 aliphatic rings. The zero-order valence-electron chi connectivity index (χ0n) is 31.7. The minimum absolute atomic E-state index is 0.454. The van der Waals surface area contributed by atoms with Crippen LogP contribution in [0.15, 0.2) is 207 Å². The van der Waals surface area contributed by atoms with Gasteiger partial charge in [0.1, 0.15) is 5.82 Å². The second kappa shape index (κ2) is 12.6. The van der Waals surface area contributed by atoms with Gasteiger partial charge in [0, 0.05) is 34.9 Å². The van der Waals surface area contributed by atoms with Crippen LogP contribution in [0.25, 0.3) is 55.8 Å². The van der Waals surface area contributed by atoms with Crippen LogP contribution in [-0.2, 0) is 5.41 Å². The molecule has 3 heteroatoms. The van der Waals surface area contributed by atoms with Gasteiger partial charge in [0.15, 0.2) is 0 Å². The molecule has 0 atom stereocenters. The van der Waals surface area contributed by atoms with Crippen molar-refractivity contribution >= 4 is 44.9 Å². The highest BCUT2D eigenvalue weighted by atomic mass is 15.3. The van der Waals surface area contributed by atoms with E-state index in [-0.39, 0.29) is 0 Å². The number of hydrogen-bond acceptors (Lipinski definition) is 2. The van der Waals surface area contributed by atoms with Gasteiger partial charge in [0.25, 0.3) is 0 Å². The predicted molar refractivity (Wildman–Crippen MR) is 240 cm³/mol. The first-order valence-corrected chi connectivity index (χ1v) is 19.6. The van der Waals surface area contributed by atoms with Crippen molar-refractivity contribution in [1.82, 2.24) is 4.57 Å². The van der Waals surface area contributed by atoms with Gasteiger partial charge < -0.3 is 9.47 Å². The van der Waals surface area contributed by atoms with Gasteiger partial charge in [-0.15, -0.1) is 0 Å². The fraction of sp³-hybridized carbons (Fsp3) is 0.0370. The maximum atomic E-state index is 4.86. The lowest BCUT2D eigenvalue weighted by Crippen LogP contribution is -2.30. The van der Waals surface area contributed by atoms with Gasteiger partial charge in [0.05, 0.1) is 22.1 Å². The second-order valence-corrected chi connectivity index (χ2v) is 15.1. The van der Waals surface area contributed by atoms with E-state index in [4.69, 9.17) is 6.58 Å². The van der Waals surface area contributed by atoms with E-state index in [1.54, 1.807) is 0 Å². The molecule has 1 aromatic heterocycles. The van der Waals surface area contributed by atoms with E-state index in [1.165, 1.54) is 66.3 Å². The Kier molecular flexibility index (Phi) is 7.29. The van der Waals surface area contributed by atoms with E-state index in [9.17, 15) is 0 Å². The summed E-state index contributed by atoms with van der Waals surface area (Å²) in [6.07, 6.45) is 1.94. The lowest BCUT2D eigenvalue weighted by molar-refractivity contribution is 0.793. The number of para-hydroxylation sites is 3. The van der Waals surface area contributed by atoms with E-state index in [0.29, 0.717) is 0 Å². The highest BCUT2D eigenvalue weighted by Gasteiger charge is 2.51. The fourth-order valence-electron chi connectivity index (χ4n) is 9.84. The van der Waals surface area contributed by atoms with Gasteiger partial charge in [-0.3, -0.25) is 4.90 Å². The van der Waals surface area contributed by atoms with Gasteiger partial charge in [-0.25, -0.2) is 0 Å². The first-order valence-electron chi connectivity index (χ1n) is 19.6. The van der Waals surface area contributed by atoms with Crippen molar-refractivity contribution in [3.63, 3.8) is 0 Å². The Balaban J connectivity index is 1.10. The fourth-order valence-corrected chi connectivity index (χ4v) is 9.84. The first kappa shape index (κ1) is 33.0. The van der Waals surface area contributed by atoms with E-state index in [2.05, 4.69) is 216 Å². The molecule has 9 aromatic rings. The molecule has 0 unspecified atom stereocenters. The van der Waals surface area contributed by atoms with Crippen LogP contribution < -0.4 is 9.80 Å². The van der Waals surface area contributed by atoms with Crippen molar-refractivity contribution in [2.75, 3.05) is 16.8 Å². The summed E-state index contributed by atoms with van der Waals surface area (Å²) in [4.78, 5) is 4.52. The molecule has 8 aromatic carbocycles. The number of rotatable bonds is 7. The van der Waals surface area contributed by atoms with Crippen molar-refractivity contribution in [3.8, 4) is 27.9 Å². The molecule has 0 fully saturated rings. The Morgan fingerprint density at radius 1 is 0.509 bits per heavy atom. The van der Waals surface area contributed by atoms with E-state index in [1.807, 2.05) is 6.08 Å². The summed E-state index contributed by atoms with van der Waals surface area (Å²) in [7, 11) is 2.12. The monoisotopic (exact) mass is 729 g/mol. The molecular formula is C54H39N3. The minimum atomic E-state index is -0.454. The molecular weight excluding hydrogens is 691 g/mol. The van der Waals surface area contributed by atoms with Crippen molar-refractivity contribution in [3.05, 3.63) is 235 Å². The third-order valence-electron chi connectivity index (χ3n) is 12.3. The number of fused-ring (bicyclic) bond motifs is 13. The van der Waals surface area contributed by atoms with Crippen LogP contribution >= 0.6 is 0 Å². The lowest BCUT2D eigenvalue weighted by Gasteiger charge is -2.36. The summed E-state index contributed by atoms with van der Waals surface area (Å²) in [5.74, 6) is 0.826. The summed E-state index contributed by atoms with van der Waals surface area (Å²) in [6, 6.07) is 68.4. The molecule has 3 nitrogen and oxygen atoms in total. The van der Waals surface area contributed by atoms with Gasteiger partial charge >= 0.3 is 0 Å². The molecule has 0 N–H and O–H groups in total. The normalized spacial score (nSPS) is 12.9. The number of hydrogen-bond donors (Lipinski definition) is 0. The van der Waals surface area contributed by atoms with Crippen LogP contribution in [0.4, 0.5) is 17.1 Å². The van der Waals surface area contributed by atoms with Crippen molar-refractivity contribution in [2.45, 2.75) is 5.41 Å². The molecule has 0 aliphatic heterocycles. The van der Waals surface area contributed by atoms with Gasteiger partial charge in [-0.1, -0.05) is 153 Å². The quantitative estimate of drug-likeness (QED) is 0.162. The predicted octanol–water partition coefficient (Wildman–Crippen LogP) is 13.5. The molecule has 0 saturated carbocycles. The summed E-state index contributed by atoms with van der Waals surface area (Å²) < 4.78 is 2.35. The van der Waals surface area contributed by atoms with Crippen LogP contribution in [0.3, 0.4) is 0 Å². The molecule has 1 spiro atoms. The van der Waals surface area contributed by atoms with Gasteiger partial charge in [-0.05, 0) is 105 Å². The Hall–Kier alpha value is -7.36. The van der Waals surface area contributed by atoms with Crippen molar-refractivity contribution in [2.24, 2.45) is 0 Å². The highest BCUT2D eigenvalue weighted by molar-refractivity contribution is 6.10. The number of benzene rings is 8. The van der Waals surface area contributed by atoms with Crippen LogP contribution in [0, 0.1) is 0 Å². The van der Waals surface area contributed by atoms with Crippen LogP contribution in [-0.4, -0.2) is 11.6 Å². The molecule has 57 heavy (non-hydrogen) atoms. The third kappa shape index (κ3) is 4.60. The smallest absolute Gasteiger partial charge is 0.110 e. The van der Waals surface area contributed by atoms with Gasteiger partial charge in [-0.2, -0.15) is 0 Å². The number of aromatic nitrogens is 1. The van der Waals surface area contributed by atoms with Crippen LogP contribution in [0.2, 0.25) is 0 Å². The molecule has 1 heterocycles. The molecule has 11 rings (SSSR count). The zero-order valence-corrected chi connectivity index (χ0v) is 31.7. The summed E-state index contributed by atoms with van der Waals surface area (Å²) in [5, 5.41) is 2.41. The summed E-state index contributed by atoms with van der Waals surface area (Å²) >= 11 is 0. The molecule has 0 saturated heterocycles. The number of nitrogens with zero attached hydrogens (tertiary/aromatic N) is 3. The maximum Gasteiger partial charge on any atom is 0.110 e. The van der Waals surface area contributed by atoms with Crippen molar-refractivity contribution in [1.29, 1.82) is 0 Å². The zero-order chi connectivity index (χ0) is 38.3. The third-order valence-corrected chi connectivity index (χ3v) is 12.3. The van der Waals surface area contributed by atoms with E-state index in [0.717, 1.165) is 34.1 Å². The van der Waals surface area contributed by atoms with Crippen LogP contribution in [0.1, 0.15) is 27.8 Å². The second-order valence-electron chi connectivity index (χ2n) is 15.1. The first-order chi connectivity index (χ1) is 28.1. The topological polar surface area (TPSA) is 11.4 Å². The van der Waals surface area contributed by atoms with Crippen LogP contribution in [0.5, 0.6) is 0 Å². The average molecular weight is 730 g/mol. The Labute approximate surface area is 333 Å². The standard InChI is InChI=1S/C54H39N3/c1-4-37-18-8-16-28-51(37)56(36(2)55(3)39-31-33-53-46(34-39)45-24-12-17-29-52(45)57(53)38-19-6-5-7-20-38)40-30-32-44-43-23-11-15-27-49(43)54(50(44)35-40)47-25-13-9-21-41(47)42-22-10-14-26-48(42)54/h4-35H,1-2H2,3H3. The summed E-state index contributed by atoms with van der Waals surface area (Å²) in [5.41, 5.74) is 17.6. The molecule has 0 bridgehead atoms. The SMILES string of the molecule is C=Cc1ccccc1N(C(=C)N(C)c1ccc2c(c1)c1ccccc1n2-c1ccccc1)c1ccc2c(c1)C1(c3ccccc3-c3ccccc31)c1ccccc1-2. The highest BCUT2D eigenvalue weighted by Crippen LogP contribution is 2.63. The van der Waals surface area contributed by atoms with Gasteiger partial charge in [0.2, 0.25) is 0 Å². The Bertz CT molecular complexity index is 3030. The van der Waals surface area contributed by atoms with E-state index >= 15 is 0 Å². The van der Waals surface area contributed by atoms with E-state index < -0.39 is 5.41 Å². The average Bonchev–Trinajstić information content (AvgIpc) is 3.88. The minimum Gasteiger partial charge on any atom is -0.331 e. The Morgan fingerprint density at radius 3 is 1.74 bits per heavy atom.